The van der Waals surface area contributed by atoms with Crippen LogP contribution in [-0.2, 0) is 14.4 Å². The van der Waals surface area contributed by atoms with Gasteiger partial charge in [-0.15, -0.1) is 0 Å². The van der Waals surface area contributed by atoms with Gasteiger partial charge in [0.2, 0.25) is 5.91 Å². The number of amides is 1. The Morgan fingerprint density at radius 1 is 1.69 bits per heavy atom. The average molecular weight is 234 g/mol. The van der Waals surface area contributed by atoms with E-state index in [1.54, 1.807) is 0 Å². The van der Waals surface area contributed by atoms with Crippen molar-refractivity contribution in [3.05, 3.63) is 0 Å². The fourth-order valence-corrected chi connectivity index (χ4v) is 2.01. The van der Waals surface area contributed by atoms with Gasteiger partial charge in [-0.25, -0.2) is 4.89 Å². The Morgan fingerprint density at radius 3 is 2.88 bits per heavy atom. The van der Waals surface area contributed by atoms with Crippen molar-refractivity contribution in [3.8, 4) is 0 Å². The number of hydrogen-bond acceptors (Lipinski definition) is 7. The summed E-state index contributed by atoms with van der Waals surface area (Å²) in [4.78, 5) is 15.0. The molecule has 0 aromatic carbocycles. The first kappa shape index (κ1) is 11.7. The molecule has 1 amide bonds. The third-order valence-electron chi connectivity index (χ3n) is 2.84. The Morgan fingerprint density at radius 2 is 2.38 bits per heavy atom. The van der Waals surface area contributed by atoms with Gasteiger partial charge in [0.25, 0.3) is 0 Å². The third-order valence-corrected chi connectivity index (χ3v) is 2.84. The summed E-state index contributed by atoms with van der Waals surface area (Å²) < 4.78 is 5.27. The molecule has 0 aromatic heterocycles. The topological polar surface area (TPSA) is 130 Å². The molecule has 8 heteroatoms. The van der Waals surface area contributed by atoms with Crippen LogP contribution in [0.1, 0.15) is 6.92 Å². The number of ether oxygens (including phenoxy) is 1. The summed E-state index contributed by atoms with van der Waals surface area (Å²) in [7, 11) is 0. The lowest BCUT2D eigenvalue weighted by molar-refractivity contribution is -0.335. The van der Waals surface area contributed by atoms with E-state index >= 15 is 0 Å². The average Bonchev–Trinajstić information content (AvgIpc) is 2.91. The highest BCUT2D eigenvalue weighted by atomic mass is 17.1. The summed E-state index contributed by atoms with van der Waals surface area (Å²) >= 11 is 0. The van der Waals surface area contributed by atoms with Gasteiger partial charge in [-0.3, -0.25) is 15.4 Å². The van der Waals surface area contributed by atoms with E-state index < -0.39 is 36.8 Å². The van der Waals surface area contributed by atoms with Gasteiger partial charge in [-0.05, 0) is 0 Å². The zero-order chi connectivity index (χ0) is 11.9. The number of aliphatic hydroxyl groups is 2. The molecule has 92 valence electrons. The maximum absolute atomic E-state index is 11.0. The normalized spacial score (nSPS) is 46.0. The third kappa shape index (κ3) is 1.59. The van der Waals surface area contributed by atoms with Crippen LogP contribution >= 0.6 is 0 Å². The summed E-state index contributed by atoms with van der Waals surface area (Å²) in [5.74, 6) is -0.350. The molecule has 0 unspecified atom stereocenters. The maximum Gasteiger partial charge on any atom is 0.218 e. The first-order valence-corrected chi connectivity index (χ1v) is 4.86. The number of rotatable bonds is 3. The standard InChI is InChI=1S/C8H14N2O6/c1-3(12)9-8-6(13)5(16-14)4(2-11)15-7(8)10-8/h4-7,10-11,13-14H,2H2,1H3,(H,9,12)/t4-,5-,6+,7+,8+/m1/s1. The molecular formula is C8H14N2O6. The first-order valence-electron chi connectivity index (χ1n) is 4.86. The van der Waals surface area contributed by atoms with Crippen molar-refractivity contribution in [1.82, 2.24) is 10.6 Å². The number of carbonyl (C=O) groups excluding carboxylic acids is 1. The molecule has 0 aromatic rings. The van der Waals surface area contributed by atoms with Crippen LogP contribution in [-0.4, -0.2) is 58.2 Å². The molecule has 0 aliphatic carbocycles. The maximum atomic E-state index is 11.0. The zero-order valence-electron chi connectivity index (χ0n) is 8.58. The van der Waals surface area contributed by atoms with Crippen molar-refractivity contribution in [2.24, 2.45) is 0 Å². The van der Waals surface area contributed by atoms with Crippen LogP contribution in [0, 0.1) is 0 Å². The van der Waals surface area contributed by atoms with Gasteiger partial charge in [0.1, 0.15) is 18.4 Å². The van der Waals surface area contributed by atoms with Crippen molar-refractivity contribution in [2.45, 2.75) is 37.1 Å². The van der Waals surface area contributed by atoms with Gasteiger partial charge in [0.15, 0.2) is 11.8 Å². The van der Waals surface area contributed by atoms with Gasteiger partial charge < -0.3 is 20.3 Å². The van der Waals surface area contributed by atoms with E-state index in [4.69, 9.17) is 15.1 Å². The molecule has 5 N–H and O–H groups in total. The Hall–Kier alpha value is -0.770. The van der Waals surface area contributed by atoms with Crippen LogP contribution in [0.3, 0.4) is 0 Å². The monoisotopic (exact) mass is 234 g/mol. The molecule has 0 radical (unpaired) electrons. The van der Waals surface area contributed by atoms with E-state index in [1.807, 2.05) is 0 Å². The van der Waals surface area contributed by atoms with Crippen LogP contribution in [0.2, 0.25) is 0 Å². The molecule has 2 saturated heterocycles. The molecule has 2 rings (SSSR count). The minimum absolute atomic E-state index is 0.350. The second-order valence-corrected chi connectivity index (χ2v) is 3.95. The van der Waals surface area contributed by atoms with E-state index in [0.29, 0.717) is 0 Å². The number of nitrogens with one attached hydrogen (secondary N) is 2. The molecule has 2 aliphatic heterocycles. The summed E-state index contributed by atoms with van der Waals surface area (Å²) in [6, 6.07) is 0. The van der Waals surface area contributed by atoms with Gasteiger partial charge >= 0.3 is 0 Å². The zero-order valence-corrected chi connectivity index (χ0v) is 8.58. The van der Waals surface area contributed by atoms with Crippen molar-refractivity contribution < 1.29 is 29.9 Å². The lowest BCUT2D eigenvalue weighted by atomic mass is 9.97. The quantitative estimate of drug-likeness (QED) is 0.205. The predicted octanol–water partition coefficient (Wildman–Crippen LogP) is -2.64. The molecule has 8 nitrogen and oxygen atoms in total. The van der Waals surface area contributed by atoms with Crippen LogP contribution in [0.4, 0.5) is 0 Å². The molecule has 16 heavy (non-hydrogen) atoms. The van der Waals surface area contributed by atoms with Crippen molar-refractivity contribution in [2.75, 3.05) is 6.61 Å². The molecule has 0 saturated carbocycles. The molecular weight excluding hydrogens is 220 g/mol. The van der Waals surface area contributed by atoms with Gasteiger partial charge in [0.05, 0.1) is 6.61 Å². The van der Waals surface area contributed by atoms with Crippen LogP contribution in [0.15, 0.2) is 0 Å². The Bertz CT molecular complexity index is 300. The molecule has 2 heterocycles. The molecule has 2 aliphatic rings. The van der Waals surface area contributed by atoms with Crippen molar-refractivity contribution >= 4 is 5.91 Å². The van der Waals surface area contributed by atoms with E-state index in [-0.39, 0.29) is 5.91 Å². The van der Waals surface area contributed by atoms with Crippen LogP contribution in [0.5, 0.6) is 0 Å². The number of hydrogen-bond donors (Lipinski definition) is 5. The van der Waals surface area contributed by atoms with Gasteiger partial charge in [-0.2, -0.15) is 0 Å². The highest BCUT2D eigenvalue weighted by Gasteiger charge is 2.68. The smallest absolute Gasteiger partial charge is 0.218 e. The highest BCUT2D eigenvalue weighted by Crippen LogP contribution is 2.38. The van der Waals surface area contributed by atoms with E-state index in [9.17, 15) is 9.90 Å². The summed E-state index contributed by atoms with van der Waals surface area (Å²) in [6.45, 7) is 0.891. The fourth-order valence-electron chi connectivity index (χ4n) is 2.01. The summed E-state index contributed by atoms with van der Waals surface area (Å²) in [6.07, 6.45) is -3.77. The van der Waals surface area contributed by atoms with Crippen molar-refractivity contribution in [3.63, 3.8) is 0 Å². The Kier molecular flexibility index (Phi) is 2.86. The number of aliphatic hydroxyl groups excluding tert-OH is 2. The number of fused-ring (bicyclic) bond motifs is 1. The van der Waals surface area contributed by atoms with E-state index in [0.717, 1.165) is 0 Å². The van der Waals surface area contributed by atoms with E-state index in [1.165, 1.54) is 6.92 Å². The van der Waals surface area contributed by atoms with Gasteiger partial charge in [0, 0.05) is 6.92 Å². The summed E-state index contributed by atoms with van der Waals surface area (Å²) in [5.41, 5.74) is -1.13. The lowest BCUT2D eigenvalue weighted by Crippen LogP contribution is -2.62. The molecule has 5 atom stereocenters. The highest BCUT2D eigenvalue weighted by molar-refractivity contribution is 5.74. The Balaban J connectivity index is 2.14. The van der Waals surface area contributed by atoms with Crippen LogP contribution in [0.25, 0.3) is 0 Å². The summed E-state index contributed by atoms with van der Waals surface area (Å²) in [5, 5.41) is 32.8. The minimum Gasteiger partial charge on any atom is -0.394 e. The fraction of sp³-hybridized carbons (Fsp3) is 0.875. The second-order valence-electron chi connectivity index (χ2n) is 3.95. The van der Waals surface area contributed by atoms with Crippen LogP contribution < -0.4 is 10.6 Å². The lowest BCUT2D eigenvalue weighted by Gasteiger charge is -2.35. The van der Waals surface area contributed by atoms with Crippen molar-refractivity contribution in [1.29, 1.82) is 0 Å². The van der Waals surface area contributed by atoms with Gasteiger partial charge in [-0.1, -0.05) is 0 Å². The number of carbonyl (C=O) groups is 1. The first-order chi connectivity index (χ1) is 7.55. The molecule has 0 bridgehead atoms. The largest absolute Gasteiger partial charge is 0.394 e. The Labute approximate surface area is 91.1 Å². The molecule has 2 fully saturated rings. The SMILES string of the molecule is CC(=O)N[C@@]12N[C@H]1O[C@H](CO)[C@@H](OO)[C@@H]2O. The van der Waals surface area contributed by atoms with E-state index in [2.05, 4.69) is 15.5 Å². The minimum atomic E-state index is -1.21. The predicted molar refractivity (Wildman–Crippen MR) is 48.9 cm³/mol. The molecule has 0 spiro atoms. The second kappa shape index (κ2) is 3.91.